The predicted octanol–water partition coefficient (Wildman–Crippen LogP) is 3.74. The zero-order valence-corrected chi connectivity index (χ0v) is 17.6. The lowest BCUT2D eigenvalue weighted by Crippen LogP contribution is -2.41. The second-order valence-electron chi connectivity index (χ2n) is 8.26. The van der Waals surface area contributed by atoms with Crippen LogP contribution < -0.4 is 10.6 Å². The van der Waals surface area contributed by atoms with Gasteiger partial charge in [0.2, 0.25) is 12.2 Å². The van der Waals surface area contributed by atoms with Crippen molar-refractivity contribution in [3.63, 3.8) is 0 Å². The molecular formula is C21H32N6O2. The van der Waals surface area contributed by atoms with Crippen LogP contribution in [0.1, 0.15) is 52.9 Å². The number of guanidine groups is 1. The first kappa shape index (κ1) is 22.5. The van der Waals surface area contributed by atoms with E-state index in [2.05, 4.69) is 20.6 Å². The summed E-state index contributed by atoms with van der Waals surface area (Å²) in [5.74, 6) is 1.08. The molecule has 2 heterocycles. The van der Waals surface area contributed by atoms with E-state index in [0.29, 0.717) is 11.9 Å². The van der Waals surface area contributed by atoms with Gasteiger partial charge in [-0.25, -0.2) is 4.79 Å². The van der Waals surface area contributed by atoms with Gasteiger partial charge in [-0.3, -0.25) is 4.98 Å². The number of amides is 1. The number of likely N-dealkylation sites (tertiary alicyclic amines) is 1. The standard InChI is InChI=1S/C21H32N6O2/c1-21(2,3)29-20(28)27-13-9-17(10-14-27)7-4-5-12-24-19(25-16-22)26-18-8-6-11-23-15-18/h6,8,11,15,17H,4-5,7,9-10,12-14H2,1-3H3,(H2,24,25,26). The molecule has 0 aliphatic carbocycles. The summed E-state index contributed by atoms with van der Waals surface area (Å²) in [6.45, 7) is 7.96. The highest BCUT2D eigenvalue weighted by atomic mass is 16.6. The van der Waals surface area contributed by atoms with E-state index in [1.807, 2.05) is 44.0 Å². The fourth-order valence-electron chi connectivity index (χ4n) is 3.23. The Kier molecular flexibility index (Phi) is 8.71. The van der Waals surface area contributed by atoms with E-state index in [9.17, 15) is 4.79 Å². The average molecular weight is 401 g/mol. The molecule has 2 N–H and O–H groups in total. The van der Waals surface area contributed by atoms with E-state index >= 15 is 0 Å². The Morgan fingerprint density at radius 3 is 2.76 bits per heavy atom. The van der Waals surface area contributed by atoms with Crippen molar-refractivity contribution in [1.82, 2.24) is 15.2 Å². The SMILES string of the molecule is CC(C)(C)OC(=O)N1CCC(CCCCN/C(=N\C#N)Nc2cccnc2)CC1. The number of carbonyl (C=O) groups is 1. The van der Waals surface area contributed by atoms with Gasteiger partial charge in [0.15, 0.2) is 0 Å². The summed E-state index contributed by atoms with van der Waals surface area (Å²) in [6, 6.07) is 3.69. The van der Waals surface area contributed by atoms with Crippen LogP contribution in [0.2, 0.25) is 0 Å². The first-order chi connectivity index (χ1) is 13.9. The summed E-state index contributed by atoms with van der Waals surface area (Å²) < 4.78 is 5.45. The molecule has 29 heavy (non-hydrogen) atoms. The summed E-state index contributed by atoms with van der Waals surface area (Å²) >= 11 is 0. The monoisotopic (exact) mass is 400 g/mol. The fraction of sp³-hybridized carbons (Fsp3) is 0.619. The molecule has 158 valence electrons. The third-order valence-electron chi connectivity index (χ3n) is 4.68. The quantitative estimate of drug-likeness (QED) is 0.326. The molecule has 0 saturated carbocycles. The molecule has 1 aliphatic rings. The number of nitriles is 1. The van der Waals surface area contributed by atoms with E-state index in [-0.39, 0.29) is 6.09 Å². The number of hydrogen-bond acceptors (Lipinski definition) is 5. The number of hydrogen-bond donors (Lipinski definition) is 2. The number of unbranched alkanes of at least 4 members (excludes halogenated alkanes) is 1. The minimum absolute atomic E-state index is 0.203. The smallest absolute Gasteiger partial charge is 0.410 e. The topological polar surface area (TPSA) is 103 Å². The van der Waals surface area contributed by atoms with Crippen molar-refractivity contribution in [3.05, 3.63) is 24.5 Å². The number of aliphatic imine (C=N–C) groups is 1. The number of carbonyl (C=O) groups excluding carboxylic acids is 1. The van der Waals surface area contributed by atoms with Crippen LogP contribution in [0.15, 0.2) is 29.5 Å². The van der Waals surface area contributed by atoms with Crippen LogP contribution in [-0.4, -0.2) is 47.2 Å². The van der Waals surface area contributed by atoms with Gasteiger partial charge < -0.3 is 20.3 Å². The molecular weight excluding hydrogens is 368 g/mol. The normalized spacial score (nSPS) is 15.5. The second kappa shape index (κ2) is 11.2. The first-order valence-corrected chi connectivity index (χ1v) is 10.2. The van der Waals surface area contributed by atoms with Gasteiger partial charge in [0.25, 0.3) is 0 Å². The van der Waals surface area contributed by atoms with E-state index in [1.165, 1.54) is 0 Å². The highest BCUT2D eigenvalue weighted by Crippen LogP contribution is 2.23. The second-order valence-corrected chi connectivity index (χ2v) is 8.26. The third-order valence-corrected chi connectivity index (χ3v) is 4.68. The van der Waals surface area contributed by atoms with Crippen molar-refractivity contribution in [2.24, 2.45) is 10.9 Å². The molecule has 1 saturated heterocycles. The molecule has 1 aromatic heterocycles. The highest BCUT2D eigenvalue weighted by Gasteiger charge is 2.26. The van der Waals surface area contributed by atoms with Gasteiger partial charge in [0, 0.05) is 25.8 Å². The number of nitrogens with one attached hydrogen (secondary N) is 2. The van der Waals surface area contributed by atoms with E-state index in [1.54, 1.807) is 12.4 Å². The van der Waals surface area contributed by atoms with Crippen LogP contribution in [-0.2, 0) is 4.74 Å². The summed E-state index contributed by atoms with van der Waals surface area (Å²) in [7, 11) is 0. The molecule has 8 nitrogen and oxygen atoms in total. The van der Waals surface area contributed by atoms with E-state index in [4.69, 9.17) is 10.00 Å². The molecule has 1 fully saturated rings. The van der Waals surface area contributed by atoms with Crippen molar-refractivity contribution in [1.29, 1.82) is 5.26 Å². The molecule has 0 atom stereocenters. The minimum Gasteiger partial charge on any atom is -0.444 e. The fourth-order valence-corrected chi connectivity index (χ4v) is 3.23. The maximum Gasteiger partial charge on any atom is 0.410 e. The zero-order valence-electron chi connectivity index (χ0n) is 17.6. The highest BCUT2D eigenvalue weighted by molar-refractivity contribution is 5.93. The molecule has 1 aromatic rings. The third kappa shape index (κ3) is 8.81. The molecule has 1 aliphatic heterocycles. The van der Waals surface area contributed by atoms with Crippen molar-refractivity contribution in [2.45, 2.75) is 58.5 Å². The Bertz CT molecular complexity index is 700. The summed E-state index contributed by atoms with van der Waals surface area (Å²) in [5, 5.41) is 15.1. The molecule has 8 heteroatoms. The van der Waals surface area contributed by atoms with Crippen LogP contribution in [0.5, 0.6) is 0 Å². The van der Waals surface area contributed by atoms with E-state index in [0.717, 1.165) is 57.4 Å². The van der Waals surface area contributed by atoms with Crippen molar-refractivity contribution >= 4 is 17.7 Å². The van der Waals surface area contributed by atoms with Crippen molar-refractivity contribution < 1.29 is 9.53 Å². The number of nitrogens with zero attached hydrogens (tertiary/aromatic N) is 4. The Morgan fingerprint density at radius 1 is 1.38 bits per heavy atom. The van der Waals surface area contributed by atoms with Gasteiger partial charge in [-0.15, -0.1) is 4.99 Å². The Balaban J connectivity index is 1.61. The van der Waals surface area contributed by atoms with Crippen molar-refractivity contribution in [3.8, 4) is 6.19 Å². The molecule has 0 radical (unpaired) electrons. The van der Waals surface area contributed by atoms with Gasteiger partial charge in [-0.2, -0.15) is 5.26 Å². The van der Waals surface area contributed by atoms with Crippen LogP contribution in [0.3, 0.4) is 0 Å². The zero-order chi connectivity index (χ0) is 21.1. The van der Waals surface area contributed by atoms with Gasteiger partial charge >= 0.3 is 6.09 Å². The molecule has 0 aromatic carbocycles. The first-order valence-electron chi connectivity index (χ1n) is 10.2. The number of aromatic nitrogens is 1. The lowest BCUT2D eigenvalue weighted by atomic mass is 9.92. The summed E-state index contributed by atoms with van der Waals surface area (Å²) in [5.41, 5.74) is 0.339. The van der Waals surface area contributed by atoms with Crippen LogP contribution in [0, 0.1) is 17.4 Å². The summed E-state index contributed by atoms with van der Waals surface area (Å²) in [4.78, 5) is 21.7. The van der Waals surface area contributed by atoms with E-state index < -0.39 is 5.60 Å². The Labute approximate surface area is 173 Å². The van der Waals surface area contributed by atoms with Crippen LogP contribution >= 0.6 is 0 Å². The predicted molar refractivity (Wildman–Crippen MR) is 113 cm³/mol. The Hall–Kier alpha value is -2.82. The van der Waals surface area contributed by atoms with Gasteiger partial charge in [0.1, 0.15) is 5.60 Å². The Morgan fingerprint density at radius 2 is 2.14 bits per heavy atom. The number of ether oxygens (including phenoxy) is 1. The van der Waals surface area contributed by atoms with Crippen molar-refractivity contribution in [2.75, 3.05) is 25.0 Å². The molecule has 1 amide bonds. The minimum atomic E-state index is -0.444. The number of rotatable bonds is 6. The molecule has 2 rings (SSSR count). The number of piperidine rings is 1. The van der Waals surface area contributed by atoms with Gasteiger partial charge in [-0.1, -0.05) is 12.8 Å². The lowest BCUT2D eigenvalue weighted by molar-refractivity contribution is 0.0180. The van der Waals surface area contributed by atoms with Crippen LogP contribution in [0.4, 0.5) is 10.5 Å². The van der Waals surface area contributed by atoms with Gasteiger partial charge in [0.05, 0.1) is 11.9 Å². The number of anilines is 1. The molecule has 0 unspecified atom stereocenters. The van der Waals surface area contributed by atoms with Gasteiger partial charge in [-0.05, 0) is 58.1 Å². The van der Waals surface area contributed by atoms with Crippen LogP contribution in [0.25, 0.3) is 0 Å². The average Bonchev–Trinajstić information content (AvgIpc) is 2.68. The molecule has 0 spiro atoms. The number of pyridine rings is 1. The lowest BCUT2D eigenvalue weighted by Gasteiger charge is -2.33. The molecule has 0 bridgehead atoms. The largest absolute Gasteiger partial charge is 0.444 e. The maximum absolute atomic E-state index is 12.1. The summed E-state index contributed by atoms with van der Waals surface area (Å²) in [6.07, 6.45) is 10.3. The maximum atomic E-state index is 12.1.